The molecule has 0 spiro atoms. The van der Waals surface area contributed by atoms with Crippen LogP contribution in [0.1, 0.15) is 5.56 Å². The van der Waals surface area contributed by atoms with Crippen molar-refractivity contribution in [2.75, 3.05) is 25.0 Å². The normalized spacial score (nSPS) is 14.4. The van der Waals surface area contributed by atoms with Crippen LogP contribution in [-0.4, -0.2) is 36.4 Å². The van der Waals surface area contributed by atoms with Crippen LogP contribution in [-0.2, 0) is 15.8 Å². The molecule has 2 aromatic carbocycles. The minimum absolute atomic E-state index is 0.0550. The van der Waals surface area contributed by atoms with Gasteiger partial charge in [-0.2, -0.15) is 13.2 Å². The summed E-state index contributed by atoms with van der Waals surface area (Å²) >= 11 is 0. The summed E-state index contributed by atoms with van der Waals surface area (Å²) in [5, 5.41) is 2.27. The Labute approximate surface area is 157 Å². The van der Waals surface area contributed by atoms with Crippen molar-refractivity contribution < 1.29 is 31.9 Å². The fourth-order valence-corrected chi connectivity index (χ4v) is 2.71. The number of nitrogens with one attached hydrogen (secondary N) is 1. The first kappa shape index (κ1) is 19.7. The first-order valence-corrected chi connectivity index (χ1v) is 8.38. The van der Waals surface area contributed by atoms with Gasteiger partial charge in [-0.05, 0) is 24.3 Å². The van der Waals surface area contributed by atoms with E-state index in [4.69, 9.17) is 4.74 Å². The van der Waals surface area contributed by atoms with Gasteiger partial charge in [-0.25, -0.2) is 4.39 Å². The Morgan fingerprint density at radius 3 is 2.39 bits per heavy atom. The van der Waals surface area contributed by atoms with Crippen LogP contribution in [0.2, 0.25) is 0 Å². The van der Waals surface area contributed by atoms with Crippen molar-refractivity contribution in [1.29, 1.82) is 0 Å². The molecule has 1 aliphatic heterocycles. The molecule has 3 rings (SSSR count). The summed E-state index contributed by atoms with van der Waals surface area (Å²) in [7, 11) is 0. The van der Waals surface area contributed by atoms with Gasteiger partial charge in [-0.15, -0.1) is 0 Å². The van der Waals surface area contributed by atoms with Gasteiger partial charge < -0.3 is 15.0 Å². The van der Waals surface area contributed by atoms with E-state index >= 15 is 0 Å². The van der Waals surface area contributed by atoms with Crippen LogP contribution in [0, 0.1) is 11.7 Å². The fraction of sp³-hybridized carbons (Fsp3) is 0.263. The summed E-state index contributed by atoms with van der Waals surface area (Å²) in [4.78, 5) is 25.5. The molecular formula is C19H16F4N2O3. The van der Waals surface area contributed by atoms with Gasteiger partial charge in [-0.1, -0.05) is 24.3 Å². The number of carbonyl (C=O) groups excluding carboxylic acids is 2. The lowest BCUT2D eigenvalue weighted by molar-refractivity contribution is -0.143. The van der Waals surface area contributed by atoms with Crippen LogP contribution >= 0.6 is 0 Å². The summed E-state index contributed by atoms with van der Waals surface area (Å²) in [6.45, 7) is -0.287. The van der Waals surface area contributed by atoms with Crippen LogP contribution in [0.3, 0.4) is 0 Å². The summed E-state index contributed by atoms with van der Waals surface area (Å²) in [5.74, 6) is -2.33. The molecule has 0 aliphatic carbocycles. The Morgan fingerprint density at radius 2 is 1.71 bits per heavy atom. The molecule has 1 heterocycles. The number of amides is 2. The SMILES string of the molecule is O=C(Nc1ccccc1C(F)(F)F)C1CN(C(=O)COc2ccccc2F)C1. The molecule has 2 aromatic rings. The second-order valence-corrected chi connectivity index (χ2v) is 6.25. The Bertz CT molecular complexity index is 879. The third-order valence-corrected chi connectivity index (χ3v) is 4.28. The zero-order valence-corrected chi connectivity index (χ0v) is 14.5. The van der Waals surface area contributed by atoms with E-state index in [2.05, 4.69) is 5.32 Å². The number of hydrogen-bond donors (Lipinski definition) is 1. The average molecular weight is 396 g/mol. The largest absolute Gasteiger partial charge is 0.481 e. The smallest absolute Gasteiger partial charge is 0.418 e. The number of rotatable bonds is 5. The van der Waals surface area contributed by atoms with Crippen molar-refractivity contribution >= 4 is 17.5 Å². The summed E-state index contributed by atoms with van der Waals surface area (Å²) in [6.07, 6.45) is -4.59. The van der Waals surface area contributed by atoms with E-state index in [0.29, 0.717) is 0 Å². The van der Waals surface area contributed by atoms with Gasteiger partial charge in [0.1, 0.15) is 0 Å². The number of carbonyl (C=O) groups is 2. The maximum atomic E-state index is 13.4. The summed E-state index contributed by atoms with van der Waals surface area (Å²) in [5.41, 5.74) is -1.26. The number of likely N-dealkylation sites (tertiary alicyclic amines) is 1. The maximum Gasteiger partial charge on any atom is 0.418 e. The van der Waals surface area contributed by atoms with Gasteiger partial charge in [0.15, 0.2) is 18.2 Å². The van der Waals surface area contributed by atoms with E-state index < -0.39 is 41.9 Å². The quantitative estimate of drug-likeness (QED) is 0.789. The molecule has 5 nitrogen and oxygen atoms in total. The van der Waals surface area contributed by atoms with Crippen molar-refractivity contribution in [3.8, 4) is 5.75 Å². The lowest BCUT2D eigenvalue weighted by Gasteiger charge is -2.38. The molecule has 9 heteroatoms. The van der Waals surface area contributed by atoms with Crippen molar-refractivity contribution in [3.05, 3.63) is 59.9 Å². The van der Waals surface area contributed by atoms with Gasteiger partial charge in [0.05, 0.1) is 17.2 Å². The summed E-state index contributed by atoms with van der Waals surface area (Å²) < 4.78 is 57.5. The highest BCUT2D eigenvalue weighted by molar-refractivity contribution is 5.95. The molecule has 0 saturated carbocycles. The van der Waals surface area contributed by atoms with Crippen molar-refractivity contribution in [2.45, 2.75) is 6.18 Å². The van der Waals surface area contributed by atoms with Crippen molar-refractivity contribution in [1.82, 2.24) is 4.90 Å². The predicted octanol–water partition coefficient (Wildman–Crippen LogP) is 3.32. The van der Waals surface area contributed by atoms with Crippen molar-refractivity contribution in [2.24, 2.45) is 5.92 Å². The minimum atomic E-state index is -4.59. The number of para-hydroxylation sites is 2. The van der Waals surface area contributed by atoms with Gasteiger partial charge >= 0.3 is 6.18 Å². The molecule has 1 fully saturated rings. The van der Waals surface area contributed by atoms with Gasteiger partial charge in [-0.3, -0.25) is 9.59 Å². The summed E-state index contributed by atoms with van der Waals surface area (Å²) in [6, 6.07) is 10.3. The molecule has 0 bridgehead atoms. The number of nitrogens with zero attached hydrogens (tertiary/aromatic N) is 1. The van der Waals surface area contributed by atoms with E-state index in [-0.39, 0.29) is 24.5 Å². The number of alkyl halides is 3. The predicted molar refractivity (Wildman–Crippen MR) is 92.0 cm³/mol. The Kier molecular flexibility index (Phi) is 5.53. The number of anilines is 1. The zero-order valence-electron chi connectivity index (χ0n) is 14.5. The monoisotopic (exact) mass is 396 g/mol. The van der Waals surface area contributed by atoms with Gasteiger partial charge in [0, 0.05) is 13.1 Å². The number of benzene rings is 2. The lowest BCUT2D eigenvalue weighted by atomic mass is 9.98. The minimum Gasteiger partial charge on any atom is -0.481 e. The van der Waals surface area contributed by atoms with Crippen LogP contribution in [0.4, 0.5) is 23.2 Å². The van der Waals surface area contributed by atoms with E-state index in [9.17, 15) is 27.2 Å². The van der Waals surface area contributed by atoms with Crippen LogP contribution < -0.4 is 10.1 Å². The molecule has 2 amide bonds. The Morgan fingerprint density at radius 1 is 1.07 bits per heavy atom. The van der Waals surface area contributed by atoms with Crippen LogP contribution in [0.25, 0.3) is 0 Å². The average Bonchev–Trinajstić information content (AvgIpc) is 2.59. The van der Waals surface area contributed by atoms with E-state index in [1.165, 1.54) is 41.3 Å². The molecule has 0 radical (unpaired) electrons. The molecule has 1 saturated heterocycles. The highest BCUT2D eigenvalue weighted by Crippen LogP contribution is 2.35. The molecule has 1 N–H and O–H groups in total. The standard InChI is InChI=1S/C19H16F4N2O3/c20-14-6-2-4-8-16(14)28-11-17(26)25-9-12(10-25)18(27)24-15-7-3-1-5-13(15)19(21,22)23/h1-8,12H,9-11H2,(H,24,27). The molecule has 0 unspecified atom stereocenters. The molecule has 0 aromatic heterocycles. The maximum absolute atomic E-state index is 13.4. The molecule has 148 valence electrons. The van der Waals surface area contributed by atoms with Gasteiger partial charge in [0.25, 0.3) is 5.91 Å². The lowest BCUT2D eigenvalue weighted by Crippen LogP contribution is -2.55. The van der Waals surface area contributed by atoms with E-state index in [1.54, 1.807) is 6.07 Å². The first-order chi connectivity index (χ1) is 13.3. The topological polar surface area (TPSA) is 58.6 Å². The van der Waals surface area contributed by atoms with Crippen molar-refractivity contribution in [3.63, 3.8) is 0 Å². The van der Waals surface area contributed by atoms with E-state index in [0.717, 1.165) is 6.07 Å². The van der Waals surface area contributed by atoms with Crippen LogP contribution in [0.5, 0.6) is 5.75 Å². The molecule has 28 heavy (non-hydrogen) atoms. The Hall–Kier alpha value is -3.10. The second-order valence-electron chi connectivity index (χ2n) is 6.25. The second kappa shape index (κ2) is 7.87. The third-order valence-electron chi connectivity index (χ3n) is 4.28. The Balaban J connectivity index is 1.51. The van der Waals surface area contributed by atoms with E-state index in [1.807, 2.05) is 0 Å². The molecule has 0 atom stereocenters. The van der Waals surface area contributed by atoms with Crippen LogP contribution in [0.15, 0.2) is 48.5 Å². The van der Waals surface area contributed by atoms with Gasteiger partial charge in [0.2, 0.25) is 5.91 Å². The first-order valence-electron chi connectivity index (χ1n) is 8.38. The highest BCUT2D eigenvalue weighted by atomic mass is 19.4. The zero-order chi connectivity index (χ0) is 20.3. The fourth-order valence-electron chi connectivity index (χ4n) is 2.71. The third kappa shape index (κ3) is 4.41. The molecular weight excluding hydrogens is 380 g/mol. The highest BCUT2D eigenvalue weighted by Gasteiger charge is 2.38. The molecule has 1 aliphatic rings. The number of ether oxygens (including phenoxy) is 1. The number of halogens is 4. The number of hydrogen-bond acceptors (Lipinski definition) is 3.